The van der Waals surface area contributed by atoms with Crippen molar-refractivity contribution in [2.75, 3.05) is 7.11 Å². The van der Waals surface area contributed by atoms with Gasteiger partial charge >= 0.3 is 5.97 Å². The van der Waals surface area contributed by atoms with Gasteiger partial charge in [-0.2, -0.15) is 0 Å². The number of halogens is 3. The SMILES string of the molecule is COC(=O)c1cnc(-c2ccc(-c3ccc(Br)c(F)c3)c(F)c2)c([N+](=O)[O-])c1. The second kappa shape index (κ2) is 7.81. The minimum Gasteiger partial charge on any atom is -0.465 e. The monoisotopic (exact) mass is 448 g/mol. The van der Waals surface area contributed by atoms with Crippen molar-refractivity contribution in [3.63, 3.8) is 0 Å². The first-order chi connectivity index (χ1) is 13.3. The van der Waals surface area contributed by atoms with E-state index in [0.29, 0.717) is 5.56 Å². The number of rotatable bonds is 4. The fraction of sp³-hybridized carbons (Fsp3) is 0.0526. The summed E-state index contributed by atoms with van der Waals surface area (Å²) in [6, 6.07) is 9.08. The topological polar surface area (TPSA) is 82.3 Å². The summed E-state index contributed by atoms with van der Waals surface area (Å²) < 4.78 is 33.1. The zero-order valence-corrected chi connectivity index (χ0v) is 15.9. The van der Waals surface area contributed by atoms with Crippen LogP contribution in [0.1, 0.15) is 10.4 Å². The van der Waals surface area contributed by atoms with Gasteiger partial charge in [0.15, 0.2) is 0 Å². The molecule has 142 valence electrons. The van der Waals surface area contributed by atoms with Crippen molar-refractivity contribution in [1.82, 2.24) is 4.98 Å². The van der Waals surface area contributed by atoms with Gasteiger partial charge < -0.3 is 4.74 Å². The van der Waals surface area contributed by atoms with Crippen LogP contribution in [0.5, 0.6) is 0 Å². The summed E-state index contributed by atoms with van der Waals surface area (Å²) in [4.78, 5) is 26.2. The molecule has 28 heavy (non-hydrogen) atoms. The third kappa shape index (κ3) is 3.74. The van der Waals surface area contributed by atoms with Crippen molar-refractivity contribution >= 4 is 27.6 Å². The van der Waals surface area contributed by atoms with Crippen LogP contribution in [-0.4, -0.2) is 23.0 Å². The zero-order valence-electron chi connectivity index (χ0n) is 14.3. The van der Waals surface area contributed by atoms with E-state index in [-0.39, 0.29) is 26.9 Å². The lowest BCUT2D eigenvalue weighted by atomic mass is 10.0. The van der Waals surface area contributed by atoms with Crippen LogP contribution in [0, 0.1) is 21.7 Å². The molecule has 6 nitrogen and oxygen atoms in total. The van der Waals surface area contributed by atoms with Gasteiger partial charge in [-0.05, 0) is 39.7 Å². The number of carbonyl (C=O) groups is 1. The standard InChI is InChI=1S/C19H11BrF2N2O4/c1-28-19(25)12-8-17(24(26)27)18(23-9-12)11-2-4-13(15(21)7-11)10-3-5-14(20)16(22)6-10/h2-9H,1H3. The Balaban J connectivity index is 2.07. The number of aromatic nitrogens is 1. The number of esters is 1. The van der Waals surface area contributed by atoms with Crippen molar-refractivity contribution in [2.45, 2.75) is 0 Å². The first-order valence-corrected chi connectivity index (χ1v) is 8.59. The molecule has 0 N–H and O–H groups in total. The summed E-state index contributed by atoms with van der Waals surface area (Å²) in [7, 11) is 1.14. The molecule has 0 saturated heterocycles. The molecule has 0 atom stereocenters. The van der Waals surface area contributed by atoms with Gasteiger partial charge in [-0.25, -0.2) is 18.6 Å². The summed E-state index contributed by atoms with van der Waals surface area (Å²) in [5.41, 5.74) is -0.0885. The molecule has 2 aromatic carbocycles. The van der Waals surface area contributed by atoms with Gasteiger partial charge in [0.2, 0.25) is 0 Å². The smallest absolute Gasteiger partial charge is 0.339 e. The number of hydrogen-bond acceptors (Lipinski definition) is 5. The van der Waals surface area contributed by atoms with Crippen LogP contribution in [0.3, 0.4) is 0 Å². The summed E-state index contributed by atoms with van der Waals surface area (Å²) in [5, 5.41) is 11.4. The first kappa shape index (κ1) is 19.6. The van der Waals surface area contributed by atoms with Gasteiger partial charge in [0, 0.05) is 23.4 Å². The number of pyridine rings is 1. The average molecular weight is 449 g/mol. The Kier molecular flexibility index (Phi) is 5.46. The van der Waals surface area contributed by atoms with Crippen molar-refractivity contribution in [3.05, 3.63) is 80.4 Å². The lowest BCUT2D eigenvalue weighted by Gasteiger charge is -2.08. The number of carbonyl (C=O) groups excluding carboxylic acids is 1. The number of nitrogens with zero attached hydrogens (tertiary/aromatic N) is 2. The summed E-state index contributed by atoms with van der Waals surface area (Å²) in [6.45, 7) is 0. The van der Waals surface area contributed by atoms with E-state index in [2.05, 4.69) is 25.7 Å². The molecule has 0 saturated carbocycles. The fourth-order valence-electron chi connectivity index (χ4n) is 2.60. The average Bonchev–Trinajstić information content (AvgIpc) is 2.69. The molecular formula is C19H11BrF2N2O4. The molecule has 9 heteroatoms. The lowest BCUT2D eigenvalue weighted by molar-refractivity contribution is -0.384. The van der Waals surface area contributed by atoms with Crippen LogP contribution in [0.25, 0.3) is 22.4 Å². The molecule has 0 unspecified atom stereocenters. The highest BCUT2D eigenvalue weighted by molar-refractivity contribution is 9.10. The largest absolute Gasteiger partial charge is 0.465 e. The van der Waals surface area contributed by atoms with Crippen LogP contribution in [-0.2, 0) is 4.74 Å². The number of methoxy groups -OCH3 is 1. The van der Waals surface area contributed by atoms with E-state index in [4.69, 9.17) is 0 Å². The maximum atomic E-state index is 14.6. The van der Waals surface area contributed by atoms with E-state index in [0.717, 1.165) is 25.4 Å². The first-order valence-electron chi connectivity index (χ1n) is 7.80. The number of ether oxygens (including phenoxy) is 1. The van der Waals surface area contributed by atoms with E-state index in [1.807, 2.05) is 0 Å². The Bertz CT molecular complexity index is 1110. The minimum absolute atomic E-state index is 0.0969. The molecular weight excluding hydrogens is 438 g/mol. The molecule has 0 radical (unpaired) electrons. The summed E-state index contributed by atoms with van der Waals surface area (Å²) in [5.74, 6) is -2.02. The molecule has 0 spiro atoms. The highest BCUT2D eigenvalue weighted by atomic mass is 79.9. The lowest BCUT2D eigenvalue weighted by Crippen LogP contribution is -2.04. The number of nitro groups is 1. The molecule has 3 rings (SSSR count). The van der Waals surface area contributed by atoms with E-state index in [1.165, 1.54) is 30.3 Å². The van der Waals surface area contributed by atoms with Crippen molar-refractivity contribution < 1.29 is 23.2 Å². The Morgan fingerprint density at radius 3 is 2.39 bits per heavy atom. The van der Waals surface area contributed by atoms with E-state index < -0.39 is 28.2 Å². The van der Waals surface area contributed by atoms with Crippen molar-refractivity contribution in [3.8, 4) is 22.4 Å². The molecule has 0 aliphatic carbocycles. The maximum Gasteiger partial charge on any atom is 0.339 e. The van der Waals surface area contributed by atoms with Gasteiger partial charge in [0.25, 0.3) is 5.69 Å². The molecule has 1 aromatic heterocycles. The van der Waals surface area contributed by atoms with Gasteiger partial charge in [-0.15, -0.1) is 0 Å². The van der Waals surface area contributed by atoms with E-state index >= 15 is 0 Å². The Morgan fingerprint density at radius 2 is 1.79 bits per heavy atom. The van der Waals surface area contributed by atoms with Crippen LogP contribution in [0.4, 0.5) is 14.5 Å². The number of benzene rings is 2. The van der Waals surface area contributed by atoms with Crippen LogP contribution < -0.4 is 0 Å². The quantitative estimate of drug-likeness (QED) is 0.313. The molecule has 0 bridgehead atoms. The van der Waals surface area contributed by atoms with Crippen LogP contribution in [0.2, 0.25) is 0 Å². The Hall–Kier alpha value is -3.20. The fourth-order valence-corrected chi connectivity index (χ4v) is 2.85. The summed E-state index contributed by atoms with van der Waals surface area (Å²) >= 11 is 3.03. The highest BCUT2D eigenvalue weighted by Gasteiger charge is 2.22. The van der Waals surface area contributed by atoms with E-state index in [9.17, 15) is 23.7 Å². The molecule has 3 aromatic rings. The zero-order chi connectivity index (χ0) is 20.4. The van der Waals surface area contributed by atoms with Gasteiger partial charge in [-0.1, -0.05) is 18.2 Å². The molecule has 0 aliphatic rings. The number of hydrogen-bond donors (Lipinski definition) is 0. The predicted molar refractivity (Wildman–Crippen MR) is 101 cm³/mol. The van der Waals surface area contributed by atoms with Crippen LogP contribution in [0.15, 0.2) is 53.1 Å². The van der Waals surface area contributed by atoms with Gasteiger partial charge in [-0.3, -0.25) is 10.1 Å². The maximum absolute atomic E-state index is 14.6. The normalized spacial score (nSPS) is 10.6. The van der Waals surface area contributed by atoms with E-state index in [1.54, 1.807) is 0 Å². The molecule has 0 fully saturated rings. The minimum atomic E-state index is -0.777. The third-order valence-electron chi connectivity index (χ3n) is 3.96. The predicted octanol–water partition coefficient (Wildman–Crippen LogP) is 5.15. The second-order valence-electron chi connectivity index (χ2n) is 5.66. The van der Waals surface area contributed by atoms with Gasteiger partial charge in [0.05, 0.1) is 22.1 Å². The second-order valence-corrected chi connectivity index (χ2v) is 6.52. The summed E-state index contributed by atoms with van der Waals surface area (Å²) in [6.07, 6.45) is 1.12. The van der Waals surface area contributed by atoms with Crippen molar-refractivity contribution in [2.24, 2.45) is 0 Å². The Labute approximate surface area is 166 Å². The third-order valence-corrected chi connectivity index (χ3v) is 4.60. The molecule has 0 amide bonds. The van der Waals surface area contributed by atoms with Crippen LogP contribution >= 0.6 is 15.9 Å². The van der Waals surface area contributed by atoms with Crippen molar-refractivity contribution in [1.29, 1.82) is 0 Å². The van der Waals surface area contributed by atoms with Gasteiger partial charge in [0.1, 0.15) is 17.3 Å². The Morgan fingerprint density at radius 1 is 1.11 bits per heavy atom. The highest BCUT2D eigenvalue weighted by Crippen LogP contribution is 2.33. The molecule has 0 aliphatic heterocycles. The molecule has 1 heterocycles.